The number of nitrogens with zero attached hydrogens (tertiary/aromatic N) is 1. The molecule has 37 heavy (non-hydrogen) atoms. The number of cyclic esters (lactones) is 1. The third kappa shape index (κ3) is 6.06. The van der Waals surface area contributed by atoms with Gasteiger partial charge in [0, 0.05) is 12.6 Å². The van der Waals surface area contributed by atoms with Gasteiger partial charge in [-0.05, 0) is 43.1 Å². The predicted molar refractivity (Wildman–Crippen MR) is 133 cm³/mol. The summed E-state index contributed by atoms with van der Waals surface area (Å²) < 4.78 is 16.0. The number of amides is 3. The molecule has 2 saturated heterocycles. The summed E-state index contributed by atoms with van der Waals surface area (Å²) in [6.45, 7) is 7.80. The second-order valence-corrected chi connectivity index (χ2v) is 11.1. The molecule has 4 rings (SSSR count). The van der Waals surface area contributed by atoms with Crippen LogP contribution >= 0.6 is 0 Å². The normalized spacial score (nSPS) is 27.5. The topological polar surface area (TPSA) is 123 Å². The van der Waals surface area contributed by atoms with Gasteiger partial charge in [-0.15, -0.1) is 0 Å². The van der Waals surface area contributed by atoms with Crippen LogP contribution in [0.1, 0.15) is 58.9 Å². The van der Waals surface area contributed by atoms with E-state index in [2.05, 4.69) is 10.6 Å². The van der Waals surface area contributed by atoms with Crippen LogP contribution in [-0.2, 0) is 35.2 Å². The third-order valence-electron chi connectivity index (χ3n) is 7.32. The summed E-state index contributed by atoms with van der Waals surface area (Å²) in [4.78, 5) is 53.6. The highest BCUT2D eigenvalue weighted by molar-refractivity contribution is 5.93. The Morgan fingerprint density at radius 3 is 2.57 bits per heavy atom. The fraction of sp³-hybridized carbons (Fsp3) is 0.630. The van der Waals surface area contributed by atoms with Gasteiger partial charge in [-0.25, -0.2) is 4.79 Å². The molecule has 1 aromatic rings. The molecular weight excluding hydrogens is 478 g/mol. The van der Waals surface area contributed by atoms with E-state index in [-0.39, 0.29) is 36.8 Å². The van der Waals surface area contributed by atoms with Crippen molar-refractivity contribution in [1.82, 2.24) is 15.5 Å². The minimum absolute atomic E-state index is 0.0168. The first kappa shape index (κ1) is 26.9. The number of carbonyl (C=O) groups excluding carboxylic acids is 4. The molecule has 2 bridgehead atoms. The van der Waals surface area contributed by atoms with Crippen molar-refractivity contribution in [2.24, 2.45) is 11.3 Å². The van der Waals surface area contributed by atoms with E-state index in [1.807, 2.05) is 51.1 Å². The van der Waals surface area contributed by atoms with Crippen molar-refractivity contribution in [2.45, 2.75) is 90.4 Å². The summed E-state index contributed by atoms with van der Waals surface area (Å²) in [7, 11) is 0. The highest BCUT2D eigenvalue weighted by Gasteiger charge is 2.54. The van der Waals surface area contributed by atoms with E-state index in [0.29, 0.717) is 6.61 Å². The molecule has 2 N–H and O–H groups in total. The summed E-state index contributed by atoms with van der Waals surface area (Å²) in [5, 5.41) is 5.65. The van der Waals surface area contributed by atoms with Gasteiger partial charge in [0.25, 0.3) is 0 Å². The molecule has 1 unspecified atom stereocenters. The number of benzene rings is 1. The van der Waals surface area contributed by atoms with Crippen molar-refractivity contribution >= 4 is 23.9 Å². The monoisotopic (exact) mass is 515 g/mol. The maximum absolute atomic E-state index is 13.9. The van der Waals surface area contributed by atoms with E-state index in [0.717, 1.165) is 24.8 Å². The molecule has 0 radical (unpaired) electrons. The third-order valence-corrected chi connectivity index (χ3v) is 7.32. The van der Waals surface area contributed by atoms with Crippen LogP contribution in [0.15, 0.2) is 30.3 Å². The van der Waals surface area contributed by atoms with Crippen LogP contribution in [0.3, 0.4) is 0 Å². The molecule has 3 amide bonds. The minimum Gasteiger partial charge on any atom is -0.445 e. The molecule has 2 heterocycles. The lowest BCUT2D eigenvalue weighted by Crippen LogP contribution is -2.62. The molecule has 0 spiro atoms. The quantitative estimate of drug-likeness (QED) is 0.510. The minimum atomic E-state index is -0.891. The molecule has 2 aliphatic heterocycles. The molecule has 1 aromatic carbocycles. The van der Waals surface area contributed by atoms with Crippen molar-refractivity contribution in [3.05, 3.63) is 35.9 Å². The summed E-state index contributed by atoms with van der Waals surface area (Å²) in [6.07, 6.45) is 0.867. The van der Waals surface area contributed by atoms with Crippen molar-refractivity contribution < 1.29 is 33.4 Å². The van der Waals surface area contributed by atoms with E-state index < -0.39 is 41.9 Å². The number of carbonyl (C=O) groups is 4. The van der Waals surface area contributed by atoms with Crippen molar-refractivity contribution in [3.8, 4) is 0 Å². The van der Waals surface area contributed by atoms with Crippen LogP contribution in [-0.4, -0.2) is 65.8 Å². The average molecular weight is 516 g/mol. The first-order chi connectivity index (χ1) is 17.6. The van der Waals surface area contributed by atoms with Gasteiger partial charge in [0.2, 0.25) is 18.1 Å². The highest BCUT2D eigenvalue weighted by atomic mass is 16.7. The van der Waals surface area contributed by atoms with Crippen LogP contribution in [0.5, 0.6) is 0 Å². The zero-order valence-electron chi connectivity index (χ0n) is 21.9. The molecule has 3 fully saturated rings. The van der Waals surface area contributed by atoms with Gasteiger partial charge in [0.15, 0.2) is 0 Å². The Bertz CT molecular complexity index is 1010. The Morgan fingerprint density at radius 1 is 1.16 bits per heavy atom. The molecule has 202 valence electrons. The van der Waals surface area contributed by atoms with Crippen LogP contribution in [0.4, 0.5) is 4.79 Å². The zero-order chi connectivity index (χ0) is 26.7. The van der Waals surface area contributed by atoms with E-state index in [4.69, 9.17) is 14.2 Å². The molecule has 0 aromatic heterocycles. The largest absolute Gasteiger partial charge is 0.445 e. The number of rotatable bonds is 8. The summed E-state index contributed by atoms with van der Waals surface area (Å²) in [5.74, 6) is -1.05. The van der Waals surface area contributed by atoms with E-state index >= 15 is 0 Å². The molecule has 10 nitrogen and oxygen atoms in total. The standard InChI is InChI=1S/C27H37N3O7/c1-5-35-25-19(14-20(31)37-25)28-23(32)21-17-11-12-18(13-17)30(21)24(33)22(27(2,3)4)29-26(34)36-15-16-9-7-6-8-10-16/h6-10,17-19,21-22,25H,5,11-15H2,1-4H3,(H,28,32)(H,29,34)/t17-,18?,19-,21-,22+,25+/m0/s1. The zero-order valence-corrected chi connectivity index (χ0v) is 21.9. The van der Waals surface area contributed by atoms with Crippen LogP contribution in [0.25, 0.3) is 0 Å². The number of nitrogens with one attached hydrogen (secondary N) is 2. The van der Waals surface area contributed by atoms with Gasteiger partial charge in [0.1, 0.15) is 24.7 Å². The van der Waals surface area contributed by atoms with E-state index in [1.54, 1.807) is 11.8 Å². The number of hydrogen-bond acceptors (Lipinski definition) is 7. The Morgan fingerprint density at radius 2 is 1.89 bits per heavy atom. The lowest BCUT2D eigenvalue weighted by Gasteiger charge is -2.40. The molecule has 1 saturated carbocycles. The fourth-order valence-electron chi connectivity index (χ4n) is 5.56. The molecule has 6 atom stereocenters. The maximum Gasteiger partial charge on any atom is 0.408 e. The second-order valence-electron chi connectivity index (χ2n) is 11.1. The smallest absolute Gasteiger partial charge is 0.408 e. The van der Waals surface area contributed by atoms with E-state index in [9.17, 15) is 19.2 Å². The van der Waals surface area contributed by atoms with Gasteiger partial charge in [0.05, 0.1) is 6.42 Å². The first-order valence-electron chi connectivity index (χ1n) is 13.0. The lowest BCUT2D eigenvalue weighted by atomic mass is 9.85. The van der Waals surface area contributed by atoms with Gasteiger partial charge >= 0.3 is 12.1 Å². The van der Waals surface area contributed by atoms with Gasteiger partial charge in [-0.2, -0.15) is 0 Å². The number of alkyl carbamates (subject to hydrolysis) is 1. The Labute approximate surface area is 217 Å². The summed E-state index contributed by atoms with van der Waals surface area (Å²) >= 11 is 0. The number of hydrogen-bond donors (Lipinski definition) is 2. The van der Waals surface area contributed by atoms with Crippen LogP contribution in [0.2, 0.25) is 0 Å². The highest BCUT2D eigenvalue weighted by Crippen LogP contribution is 2.43. The SMILES string of the molecule is CCO[C@@H]1OC(=O)C[C@@H]1NC(=O)[C@@H]1[C@H]2CCC(C2)N1C(=O)[C@@H](NC(=O)OCc1ccccc1)C(C)(C)C. The molecule has 3 aliphatic rings. The van der Waals surface area contributed by atoms with E-state index in [1.165, 1.54) is 0 Å². The second kappa shape index (κ2) is 11.1. The molecule has 1 aliphatic carbocycles. The first-order valence-corrected chi connectivity index (χ1v) is 13.0. The lowest BCUT2D eigenvalue weighted by molar-refractivity contribution is -0.165. The van der Waals surface area contributed by atoms with Crippen molar-refractivity contribution in [2.75, 3.05) is 6.61 Å². The van der Waals surface area contributed by atoms with Crippen molar-refractivity contribution in [1.29, 1.82) is 0 Å². The average Bonchev–Trinajstić information content (AvgIpc) is 3.56. The number of ether oxygens (including phenoxy) is 3. The van der Waals surface area contributed by atoms with Gasteiger partial charge < -0.3 is 29.7 Å². The summed E-state index contributed by atoms with van der Waals surface area (Å²) in [6, 6.07) is 7.03. The Hall–Kier alpha value is -3.14. The predicted octanol–water partition coefficient (Wildman–Crippen LogP) is 2.50. The molecule has 10 heteroatoms. The van der Waals surface area contributed by atoms with Crippen LogP contribution < -0.4 is 10.6 Å². The van der Waals surface area contributed by atoms with Crippen LogP contribution in [0, 0.1) is 11.3 Å². The van der Waals surface area contributed by atoms with Gasteiger partial charge in [-0.3, -0.25) is 14.4 Å². The van der Waals surface area contributed by atoms with Crippen molar-refractivity contribution in [3.63, 3.8) is 0 Å². The number of fused-ring (bicyclic) bond motifs is 2. The molecular formula is C27H37N3O7. The van der Waals surface area contributed by atoms with Gasteiger partial charge in [-0.1, -0.05) is 51.1 Å². The summed E-state index contributed by atoms with van der Waals surface area (Å²) in [5.41, 5.74) is 0.210. The maximum atomic E-state index is 13.9. The Kier molecular flexibility index (Phi) is 8.06. The number of piperidine rings is 1. The fourth-order valence-corrected chi connectivity index (χ4v) is 5.56. The number of esters is 1. The Balaban J connectivity index is 1.46. The number of likely N-dealkylation sites (tertiary alicyclic amines) is 1.